The van der Waals surface area contributed by atoms with Crippen LogP contribution in [0.3, 0.4) is 0 Å². The Labute approximate surface area is 192 Å². The molecule has 2 fully saturated rings. The van der Waals surface area contributed by atoms with E-state index in [1.54, 1.807) is 24.3 Å². The maximum atomic E-state index is 13.0. The smallest absolute Gasteiger partial charge is 0.255 e. The zero-order valence-corrected chi connectivity index (χ0v) is 19.9. The summed E-state index contributed by atoms with van der Waals surface area (Å²) in [5.74, 6) is -1.27. The van der Waals surface area contributed by atoms with Gasteiger partial charge in [0.1, 0.15) is 0 Å². The molecule has 2 aromatic carbocycles. The lowest BCUT2D eigenvalue weighted by molar-refractivity contribution is -0.122. The molecule has 0 unspecified atom stereocenters. The molecule has 0 bridgehead atoms. The number of alkyl halides is 2. The predicted molar refractivity (Wildman–Crippen MR) is 124 cm³/mol. The molecule has 3 amide bonds. The summed E-state index contributed by atoms with van der Waals surface area (Å²) in [5.41, 5.74) is 3.80. The summed E-state index contributed by atoms with van der Waals surface area (Å²) in [7, 11) is 0. The average Bonchev–Trinajstić information content (AvgIpc) is 2.95. The van der Waals surface area contributed by atoms with E-state index in [2.05, 4.69) is 37.2 Å². The van der Waals surface area contributed by atoms with Crippen LogP contribution < -0.4 is 10.2 Å². The predicted octanol–water partition coefficient (Wildman–Crippen LogP) is 4.98. The Morgan fingerprint density at radius 2 is 1.57 bits per heavy atom. The fourth-order valence-electron chi connectivity index (χ4n) is 4.16. The number of nitrogens with one attached hydrogen (secondary N) is 1. The summed E-state index contributed by atoms with van der Waals surface area (Å²) in [6, 6.07) is 12.4. The van der Waals surface area contributed by atoms with Crippen molar-refractivity contribution < 1.29 is 14.4 Å². The van der Waals surface area contributed by atoms with E-state index in [1.165, 1.54) is 4.90 Å². The number of benzene rings is 2. The molecule has 1 saturated carbocycles. The second-order valence-electron chi connectivity index (χ2n) is 8.03. The minimum atomic E-state index is -0.316. The number of halogens is 2. The third-order valence-electron chi connectivity index (χ3n) is 6.04. The summed E-state index contributed by atoms with van der Waals surface area (Å²) in [6.07, 6.45) is 1.24. The molecule has 1 aliphatic heterocycles. The summed E-state index contributed by atoms with van der Waals surface area (Å²) in [5, 5.41) is 2.89. The number of nitrogens with zero attached hydrogens (tertiary/aromatic N) is 1. The van der Waals surface area contributed by atoms with Crippen LogP contribution in [0.25, 0.3) is 0 Å². The van der Waals surface area contributed by atoms with Gasteiger partial charge in [-0.25, -0.2) is 0 Å². The van der Waals surface area contributed by atoms with Crippen LogP contribution >= 0.6 is 31.9 Å². The van der Waals surface area contributed by atoms with E-state index in [1.807, 2.05) is 32.0 Å². The summed E-state index contributed by atoms with van der Waals surface area (Å²) < 4.78 is 0. The van der Waals surface area contributed by atoms with Gasteiger partial charge in [0.05, 0.1) is 17.5 Å². The van der Waals surface area contributed by atoms with Crippen LogP contribution in [-0.4, -0.2) is 27.4 Å². The van der Waals surface area contributed by atoms with Gasteiger partial charge < -0.3 is 5.32 Å². The first-order valence-corrected chi connectivity index (χ1v) is 11.7. The number of anilines is 2. The SMILES string of the molecule is Cc1ccc(NC(=O)c2cccc(N3C(=O)[C@@H]4C[C@@H](Br)[C@@H](Br)C[C@H]4C3=O)c2)cc1C. The first kappa shape index (κ1) is 21.2. The van der Waals surface area contributed by atoms with Gasteiger partial charge in [-0.2, -0.15) is 0 Å². The highest BCUT2D eigenvalue weighted by molar-refractivity contribution is 9.12. The maximum absolute atomic E-state index is 13.0. The number of carbonyl (C=O) groups is 3. The Bertz CT molecular complexity index is 1010. The van der Waals surface area contributed by atoms with Crippen LogP contribution in [0.4, 0.5) is 11.4 Å². The molecule has 5 nitrogen and oxygen atoms in total. The largest absolute Gasteiger partial charge is 0.322 e. The monoisotopic (exact) mass is 532 g/mol. The molecule has 156 valence electrons. The number of fused-ring (bicyclic) bond motifs is 1. The van der Waals surface area contributed by atoms with E-state index in [0.717, 1.165) is 11.1 Å². The molecule has 1 N–H and O–H groups in total. The summed E-state index contributed by atoms with van der Waals surface area (Å²) in [4.78, 5) is 40.4. The number of hydrogen-bond donors (Lipinski definition) is 1. The van der Waals surface area contributed by atoms with Crippen LogP contribution in [0.5, 0.6) is 0 Å². The molecule has 4 atom stereocenters. The van der Waals surface area contributed by atoms with E-state index in [-0.39, 0.29) is 39.2 Å². The lowest BCUT2D eigenvalue weighted by Gasteiger charge is -2.29. The van der Waals surface area contributed by atoms with Crippen LogP contribution in [0.1, 0.15) is 34.3 Å². The number of hydrogen-bond acceptors (Lipinski definition) is 3. The molecule has 0 spiro atoms. The fourth-order valence-corrected chi connectivity index (χ4v) is 5.40. The van der Waals surface area contributed by atoms with Gasteiger partial charge in [-0.1, -0.05) is 44.0 Å². The highest BCUT2D eigenvalue weighted by Gasteiger charge is 2.52. The van der Waals surface area contributed by atoms with Gasteiger partial charge in [0.25, 0.3) is 5.91 Å². The first-order chi connectivity index (χ1) is 14.3. The van der Waals surface area contributed by atoms with Crippen LogP contribution in [-0.2, 0) is 9.59 Å². The van der Waals surface area contributed by atoms with E-state index in [0.29, 0.717) is 29.8 Å². The number of aryl methyl sites for hydroxylation is 2. The van der Waals surface area contributed by atoms with Gasteiger partial charge in [-0.05, 0) is 68.1 Å². The molecule has 4 rings (SSSR count). The molecule has 1 aliphatic carbocycles. The van der Waals surface area contributed by atoms with Gasteiger partial charge in [0.2, 0.25) is 11.8 Å². The second kappa shape index (κ2) is 8.27. The van der Waals surface area contributed by atoms with E-state index < -0.39 is 0 Å². The van der Waals surface area contributed by atoms with Crippen molar-refractivity contribution in [3.63, 3.8) is 0 Å². The Morgan fingerprint density at radius 3 is 2.17 bits per heavy atom. The quantitative estimate of drug-likeness (QED) is 0.447. The lowest BCUT2D eigenvalue weighted by atomic mass is 9.81. The topological polar surface area (TPSA) is 66.5 Å². The highest BCUT2D eigenvalue weighted by atomic mass is 79.9. The van der Waals surface area contributed by atoms with Crippen LogP contribution in [0, 0.1) is 25.7 Å². The number of imide groups is 1. The van der Waals surface area contributed by atoms with Crippen molar-refractivity contribution in [2.45, 2.75) is 36.3 Å². The highest BCUT2D eigenvalue weighted by Crippen LogP contribution is 2.44. The summed E-state index contributed by atoms with van der Waals surface area (Å²) in [6.45, 7) is 4.01. The van der Waals surface area contributed by atoms with Gasteiger partial charge in [-0.15, -0.1) is 0 Å². The molecule has 0 aromatic heterocycles. The zero-order valence-electron chi connectivity index (χ0n) is 16.7. The van der Waals surface area contributed by atoms with Gasteiger partial charge in [0, 0.05) is 20.9 Å². The summed E-state index contributed by atoms with van der Waals surface area (Å²) >= 11 is 7.21. The van der Waals surface area contributed by atoms with Crippen molar-refractivity contribution in [3.8, 4) is 0 Å². The van der Waals surface area contributed by atoms with Crippen molar-refractivity contribution in [1.29, 1.82) is 0 Å². The maximum Gasteiger partial charge on any atom is 0.255 e. The normalized spacial score (nSPS) is 25.9. The zero-order chi connectivity index (χ0) is 21.6. The molecular weight excluding hydrogens is 512 g/mol. The third-order valence-corrected chi connectivity index (χ3v) is 8.78. The molecule has 7 heteroatoms. The fraction of sp³-hybridized carbons (Fsp3) is 0.348. The van der Waals surface area contributed by atoms with E-state index >= 15 is 0 Å². The van der Waals surface area contributed by atoms with Crippen LogP contribution in [0.2, 0.25) is 0 Å². The molecule has 1 saturated heterocycles. The minimum Gasteiger partial charge on any atom is -0.322 e. The minimum absolute atomic E-state index is 0.158. The number of rotatable bonds is 3. The van der Waals surface area contributed by atoms with E-state index in [4.69, 9.17) is 0 Å². The molecule has 2 aromatic rings. The van der Waals surface area contributed by atoms with Crippen molar-refractivity contribution in [3.05, 3.63) is 59.2 Å². The molecule has 2 aliphatic rings. The Balaban J connectivity index is 1.57. The third kappa shape index (κ3) is 3.85. The van der Waals surface area contributed by atoms with Crippen molar-refractivity contribution in [2.75, 3.05) is 10.2 Å². The standard InChI is InChI=1S/C23H22Br2N2O3/c1-12-6-7-15(8-13(12)2)26-21(28)14-4-3-5-16(9-14)27-22(29)17-10-19(24)20(25)11-18(17)23(27)30/h3-9,17-20H,10-11H2,1-2H3,(H,26,28)/t17-,18-,19-,20+/m1/s1. The molecule has 30 heavy (non-hydrogen) atoms. The van der Waals surface area contributed by atoms with Crippen molar-refractivity contribution >= 4 is 61.0 Å². The van der Waals surface area contributed by atoms with Gasteiger partial charge in [0.15, 0.2) is 0 Å². The van der Waals surface area contributed by atoms with Gasteiger partial charge in [-0.3, -0.25) is 19.3 Å². The Morgan fingerprint density at radius 1 is 0.933 bits per heavy atom. The first-order valence-electron chi connectivity index (χ1n) is 9.91. The molecular formula is C23H22Br2N2O3. The van der Waals surface area contributed by atoms with Crippen molar-refractivity contribution in [1.82, 2.24) is 0 Å². The number of amides is 3. The lowest BCUT2D eigenvalue weighted by Crippen LogP contribution is -2.34. The van der Waals surface area contributed by atoms with Crippen LogP contribution in [0.15, 0.2) is 42.5 Å². The Kier molecular flexibility index (Phi) is 5.86. The van der Waals surface area contributed by atoms with Gasteiger partial charge >= 0.3 is 0 Å². The second-order valence-corrected chi connectivity index (χ2v) is 10.4. The molecule has 0 radical (unpaired) electrons. The van der Waals surface area contributed by atoms with E-state index in [9.17, 15) is 14.4 Å². The number of carbonyl (C=O) groups excluding carboxylic acids is 3. The van der Waals surface area contributed by atoms with Crippen molar-refractivity contribution in [2.24, 2.45) is 11.8 Å². The Hall–Kier alpha value is -1.99. The average molecular weight is 534 g/mol. The molecule has 1 heterocycles.